The van der Waals surface area contributed by atoms with Gasteiger partial charge < -0.3 is 10.1 Å². The lowest BCUT2D eigenvalue weighted by atomic mass is 9.90. The molecule has 0 aliphatic heterocycles. The zero-order chi connectivity index (χ0) is 18.6. The normalized spacial score (nSPS) is 13.1. The van der Waals surface area contributed by atoms with Gasteiger partial charge in [0.25, 0.3) is 5.91 Å². The van der Waals surface area contributed by atoms with Gasteiger partial charge in [-0.15, -0.1) is 0 Å². The molecule has 0 radical (unpaired) electrons. The number of hydrogen-bond acceptors (Lipinski definition) is 5. The lowest BCUT2D eigenvalue weighted by molar-refractivity contribution is -0.118. The van der Waals surface area contributed by atoms with Crippen molar-refractivity contribution in [2.24, 2.45) is 0 Å². The van der Waals surface area contributed by atoms with Crippen molar-refractivity contribution >= 4 is 11.7 Å². The quantitative estimate of drug-likeness (QED) is 0.743. The summed E-state index contributed by atoms with van der Waals surface area (Å²) in [5, 5.41) is 10.6. The maximum Gasteiger partial charge on any atom is 0.263 e. The molecule has 3 aromatic rings. The molecule has 0 spiro atoms. The molecule has 1 aromatic heterocycles. The maximum absolute atomic E-state index is 12.3. The highest BCUT2D eigenvalue weighted by molar-refractivity contribution is 5.94. The lowest BCUT2D eigenvalue weighted by Gasteiger charge is -2.16. The number of rotatable bonds is 5. The minimum Gasteiger partial charge on any atom is -0.483 e. The number of aromatic nitrogens is 2. The van der Waals surface area contributed by atoms with E-state index in [0.29, 0.717) is 17.3 Å². The van der Waals surface area contributed by atoms with E-state index in [1.807, 2.05) is 37.3 Å². The van der Waals surface area contributed by atoms with E-state index < -0.39 is 0 Å². The SMILES string of the molecule is Cc1ccccc1OCC(=O)Nc1nonc1-c1ccc2c(c1)CCCC2. The van der Waals surface area contributed by atoms with Gasteiger partial charge in [-0.1, -0.05) is 30.3 Å². The third kappa shape index (κ3) is 3.84. The highest BCUT2D eigenvalue weighted by Crippen LogP contribution is 2.29. The molecule has 0 saturated carbocycles. The van der Waals surface area contributed by atoms with Crippen LogP contribution in [0.2, 0.25) is 0 Å². The van der Waals surface area contributed by atoms with Gasteiger partial charge in [-0.3, -0.25) is 4.79 Å². The third-order valence-electron chi connectivity index (χ3n) is 4.82. The maximum atomic E-state index is 12.3. The summed E-state index contributed by atoms with van der Waals surface area (Å²) >= 11 is 0. The van der Waals surface area contributed by atoms with E-state index in [1.165, 1.54) is 24.0 Å². The van der Waals surface area contributed by atoms with Gasteiger partial charge in [0.2, 0.25) is 5.82 Å². The first-order valence-corrected chi connectivity index (χ1v) is 9.14. The molecule has 0 bridgehead atoms. The van der Waals surface area contributed by atoms with Crippen molar-refractivity contribution in [3.05, 3.63) is 59.2 Å². The zero-order valence-corrected chi connectivity index (χ0v) is 15.2. The molecule has 1 aliphatic rings. The molecule has 0 fully saturated rings. The van der Waals surface area contributed by atoms with Crippen LogP contribution in [0, 0.1) is 6.92 Å². The van der Waals surface area contributed by atoms with E-state index in [2.05, 4.69) is 27.8 Å². The van der Waals surface area contributed by atoms with Crippen LogP contribution in [0.25, 0.3) is 11.3 Å². The van der Waals surface area contributed by atoms with Crippen molar-refractivity contribution in [2.45, 2.75) is 32.6 Å². The molecule has 1 heterocycles. The van der Waals surface area contributed by atoms with Gasteiger partial charge in [-0.05, 0) is 71.7 Å². The van der Waals surface area contributed by atoms with E-state index in [0.717, 1.165) is 24.0 Å². The fourth-order valence-corrected chi connectivity index (χ4v) is 3.37. The zero-order valence-electron chi connectivity index (χ0n) is 15.2. The summed E-state index contributed by atoms with van der Waals surface area (Å²) < 4.78 is 10.4. The Hall–Kier alpha value is -3.15. The number of ether oxygens (including phenoxy) is 1. The second-order valence-electron chi connectivity index (χ2n) is 6.75. The molecule has 0 unspecified atom stereocenters. The number of anilines is 1. The van der Waals surface area contributed by atoms with Crippen LogP contribution in [-0.2, 0) is 17.6 Å². The van der Waals surface area contributed by atoms with Gasteiger partial charge in [0.15, 0.2) is 12.3 Å². The van der Waals surface area contributed by atoms with Crippen LogP contribution in [0.5, 0.6) is 5.75 Å². The highest BCUT2D eigenvalue weighted by Gasteiger charge is 2.18. The second kappa shape index (κ2) is 7.61. The Bertz CT molecular complexity index is 965. The van der Waals surface area contributed by atoms with Crippen LogP contribution in [0.15, 0.2) is 47.1 Å². The number of nitrogens with one attached hydrogen (secondary N) is 1. The van der Waals surface area contributed by atoms with E-state index in [9.17, 15) is 4.79 Å². The highest BCUT2D eigenvalue weighted by atomic mass is 16.6. The molecule has 4 rings (SSSR count). The van der Waals surface area contributed by atoms with Crippen molar-refractivity contribution in [3.63, 3.8) is 0 Å². The van der Waals surface area contributed by atoms with Crippen LogP contribution in [-0.4, -0.2) is 22.8 Å². The Morgan fingerprint density at radius 2 is 1.93 bits per heavy atom. The Labute approximate surface area is 157 Å². The molecular weight excluding hydrogens is 342 g/mol. The minimum atomic E-state index is -0.312. The van der Waals surface area contributed by atoms with Gasteiger partial charge >= 0.3 is 0 Å². The summed E-state index contributed by atoms with van der Waals surface area (Å²) in [4.78, 5) is 12.3. The molecular formula is C21H21N3O3. The van der Waals surface area contributed by atoms with E-state index in [4.69, 9.17) is 9.37 Å². The number of amides is 1. The fourth-order valence-electron chi connectivity index (χ4n) is 3.37. The number of benzene rings is 2. The van der Waals surface area contributed by atoms with Gasteiger partial charge in [0.05, 0.1) is 0 Å². The number of fused-ring (bicyclic) bond motifs is 1. The molecule has 0 atom stereocenters. The number of carbonyl (C=O) groups is 1. The average molecular weight is 363 g/mol. The summed E-state index contributed by atoms with van der Waals surface area (Å²) in [7, 11) is 0. The number of aryl methyl sites for hydroxylation is 3. The van der Waals surface area contributed by atoms with Gasteiger partial charge in [0, 0.05) is 5.56 Å². The van der Waals surface area contributed by atoms with Crippen LogP contribution >= 0.6 is 0 Å². The van der Waals surface area contributed by atoms with Gasteiger partial charge in [0.1, 0.15) is 5.75 Å². The summed E-state index contributed by atoms with van der Waals surface area (Å²) in [6, 6.07) is 13.8. The van der Waals surface area contributed by atoms with Crippen LogP contribution in [0.4, 0.5) is 5.82 Å². The third-order valence-corrected chi connectivity index (χ3v) is 4.82. The van der Waals surface area contributed by atoms with E-state index in [-0.39, 0.29) is 12.5 Å². The topological polar surface area (TPSA) is 77.2 Å². The second-order valence-corrected chi connectivity index (χ2v) is 6.75. The van der Waals surface area contributed by atoms with Crippen molar-refractivity contribution in [1.82, 2.24) is 10.3 Å². The number of carbonyl (C=O) groups excluding carboxylic acids is 1. The van der Waals surface area contributed by atoms with Crippen LogP contribution < -0.4 is 10.1 Å². The van der Waals surface area contributed by atoms with Gasteiger partial charge in [-0.2, -0.15) is 0 Å². The number of nitrogens with zero attached hydrogens (tertiary/aromatic N) is 2. The fraction of sp³-hybridized carbons (Fsp3) is 0.286. The smallest absolute Gasteiger partial charge is 0.263 e. The largest absolute Gasteiger partial charge is 0.483 e. The Morgan fingerprint density at radius 1 is 1.11 bits per heavy atom. The average Bonchev–Trinajstić information content (AvgIpc) is 3.15. The molecule has 2 aromatic carbocycles. The van der Waals surface area contributed by atoms with Crippen LogP contribution in [0.3, 0.4) is 0 Å². The minimum absolute atomic E-state index is 0.110. The monoisotopic (exact) mass is 363 g/mol. The van der Waals surface area contributed by atoms with E-state index >= 15 is 0 Å². The Balaban J connectivity index is 1.46. The predicted molar refractivity (Wildman–Crippen MR) is 102 cm³/mol. The lowest BCUT2D eigenvalue weighted by Crippen LogP contribution is -2.21. The Kier molecular flexibility index (Phi) is 4.87. The van der Waals surface area contributed by atoms with Crippen LogP contribution in [0.1, 0.15) is 29.5 Å². The first kappa shape index (κ1) is 17.3. The molecule has 1 aliphatic carbocycles. The number of hydrogen-bond donors (Lipinski definition) is 1. The molecule has 27 heavy (non-hydrogen) atoms. The van der Waals surface area contributed by atoms with Gasteiger partial charge in [-0.25, -0.2) is 4.63 Å². The molecule has 0 saturated heterocycles. The predicted octanol–water partition coefficient (Wildman–Crippen LogP) is 3.94. The summed E-state index contributed by atoms with van der Waals surface area (Å²) in [5.41, 5.74) is 5.13. The molecule has 1 amide bonds. The summed E-state index contributed by atoms with van der Waals surface area (Å²) in [6.07, 6.45) is 4.63. The molecule has 6 heteroatoms. The van der Waals surface area contributed by atoms with Crippen molar-refractivity contribution in [2.75, 3.05) is 11.9 Å². The first-order valence-electron chi connectivity index (χ1n) is 9.14. The number of para-hydroxylation sites is 1. The van der Waals surface area contributed by atoms with Crippen molar-refractivity contribution < 1.29 is 14.2 Å². The molecule has 6 nitrogen and oxygen atoms in total. The van der Waals surface area contributed by atoms with Crippen molar-refractivity contribution in [1.29, 1.82) is 0 Å². The first-order chi connectivity index (χ1) is 13.2. The molecule has 1 N–H and O–H groups in total. The van der Waals surface area contributed by atoms with E-state index in [1.54, 1.807) is 0 Å². The summed E-state index contributed by atoms with van der Waals surface area (Å²) in [5.74, 6) is 0.679. The van der Waals surface area contributed by atoms with Crippen molar-refractivity contribution in [3.8, 4) is 17.0 Å². The Morgan fingerprint density at radius 3 is 2.78 bits per heavy atom. The summed E-state index contributed by atoms with van der Waals surface area (Å²) in [6.45, 7) is 1.82. The molecule has 138 valence electrons. The standard InChI is InChI=1S/C21H21N3O3/c1-14-6-2-5-9-18(14)26-13-19(25)22-21-20(23-27-24-21)17-11-10-15-7-3-4-8-16(15)12-17/h2,5-6,9-12H,3-4,7-8,13H2,1H3,(H,22,24,25).